The molecule has 0 fully saturated rings. The number of hydrogen-bond acceptors (Lipinski definition) is 0. The van der Waals surface area contributed by atoms with Crippen molar-refractivity contribution >= 4 is 62.7 Å². The van der Waals surface area contributed by atoms with E-state index in [1.54, 1.807) is 0 Å². The Kier molecular flexibility index (Phi) is 2480. The van der Waals surface area contributed by atoms with Crippen molar-refractivity contribution in [3.05, 3.63) is 0 Å². The van der Waals surface area contributed by atoms with Crippen molar-refractivity contribution in [3.8, 4) is 0 Å². The Bertz CT molecular complexity index is 7.51. The van der Waals surface area contributed by atoms with Crippen molar-refractivity contribution in [2.45, 2.75) is 0 Å². The fourth-order valence-corrected chi connectivity index (χ4v) is 0. The third-order valence-corrected chi connectivity index (χ3v) is 0. The molecule has 0 N–H and O–H groups in total. The Labute approximate surface area is 67.5 Å². The summed E-state index contributed by atoms with van der Waals surface area (Å²) in [4.78, 5) is 0. The summed E-state index contributed by atoms with van der Waals surface area (Å²) in [7, 11) is 0. The summed E-state index contributed by atoms with van der Waals surface area (Å²) < 4.78 is 0. The van der Waals surface area contributed by atoms with Crippen molar-refractivity contribution in [1.82, 2.24) is 0 Å². The van der Waals surface area contributed by atoms with Crippen LogP contribution < -0.4 is 0 Å². The zero-order chi connectivity index (χ0) is 0. The molecule has 0 rings (SSSR count). The second kappa shape index (κ2) is 95.7. The van der Waals surface area contributed by atoms with Gasteiger partial charge in [0.2, 0.25) is 0 Å². The molecule has 0 aromatic rings. The van der Waals surface area contributed by atoms with Gasteiger partial charge < -0.3 is 0 Å². The van der Waals surface area contributed by atoms with Crippen molar-refractivity contribution in [2.24, 2.45) is 0 Å². The van der Waals surface area contributed by atoms with Crippen molar-refractivity contribution < 1.29 is 4.70 Å². The second-order valence-corrected chi connectivity index (χ2v) is 0. The van der Waals surface area contributed by atoms with E-state index in [-0.39, 0.29) is 67.4 Å². The van der Waals surface area contributed by atoms with E-state index in [4.69, 9.17) is 0 Å². The molecule has 0 aliphatic rings. The van der Waals surface area contributed by atoms with Crippen molar-refractivity contribution in [3.63, 3.8) is 0 Å². The van der Waals surface area contributed by atoms with Crippen LogP contribution in [0.25, 0.3) is 0 Å². The molecule has 0 aliphatic heterocycles. The van der Waals surface area contributed by atoms with Gasteiger partial charge in [-0.3, -0.25) is 4.70 Å². The van der Waals surface area contributed by atoms with Gasteiger partial charge in [-0.25, -0.2) is 0 Å². The summed E-state index contributed by atoms with van der Waals surface area (Å²) in [5, 5.41) is 0. The molecule has 0 aromatic carbocycles. The number of hydrogen-bond donors (Lipinski definition) is 0. The van der Waals surface area contributed by atoms with E-state index < -0.39 is 0 Å². The third kappa shape index (κ3) is 53.6. The smallest absolute Gasteiger partial charge is 0 e. The zero-order valence-electron chi connectivity index (χ0n) is 3.41. The molecular formula is HFLiSi4. The molecule has 0 saturated carbocycles. The summed E-state index contributed by atoms with van der Waals surface area (Å²) in [6, 6.07) is 0. The Morgan fingerprint density at radius 2 is 0.500 bits per heavy atom. The van der Waals surface area contributed by atoms with E-state index in [9.17, 15) is 0 Å². The SMILES string of the molecule is F.[Li].[Si].[Si].[Si].[Si]. The summed E-state index contributed by atoms with van der Waals surface area (Å²) in [5.41, 5.74) is 0. The normalized spacial score (nSPS) is 0. The maximum atomic E-state index is 0. The van der Waals surface area contributed by atoms with E-state index in [2.05, 4.69) is 0 Å². The second-order valence-electron chi connectivity index (χ2n) is 0. The van der Waals surface area contributed by atoms with Crippen LogP contribution in [0.3, 0.4) is 0 Å². The van der Waals surface area contributed by atoms with Crippen molar-refractivity contribution in [1.29, 1.82) is 0 Å². The van der Waals surface area contributed by atoms with Crippen LogP contribution in [0.15, 0.2) is 0 Å². The van der Waals surface area contributed by atoms with Crippen LogP contribution >= 0.6 is 0 Å². The average Bonchev–Trinajstić information content (AvgIpc) is 0. The molecule has 17 radical (unpaired) electrons. The molecule has 0 bridgehead atoms. The summed E-state index contributed by atoms with van der Waals surface area (Å²) in [5.74, 6) is 0. The van der Waals surface area contributed by atoms with Gasteiger partial charge in [0.25, 0.3) is 0 Å². The molecule has 0 atom stereocenters. The fraction of sp³-hybridized carbons (Fsp3) is 0. The maximum absolute atomic E-state index is 0. The Morgan fingerprint density at radius 1 is 0.500 bits per heavy atom. The van der Waals surface area contributed by atoms with Gasteiger partial charge >= 0.3 is 0 Å². The van der Waals surface area contributed by atoms with Gasteiger partial charge in [0.05, 0.1) is 0 Å². The molecule has 0 nitrogen and oxygen atoms in total. The molecule has 25 valence electrons. The molecule has 0 unspecified atom stereocenters. The van der Waals surface area contributed by atoms with Gasteiger partial charge in [-0.2, -0.15) is 0 Å². The standard InChI is InChI=1S/FH.Li.4Si/h1H;;;;;. The first kappa shape index (κ1) is 155. The fourth-order valence-electron chi connectivity index (χ4n) is 0. The minimum absolute atomic E-state index is 0. The number of halogens is 1. The Hall–Kier alpha value is 1.39. The molecule has 0 heterocycles. The first-order valence-electron chi connectivity index (χ1n) is 0. The maximum Gasteiger partial charge on any atom is 0 e. The van der Waals surface area contributed by atoms with Gasteiger partial charge in [-0.1, -0.05) is 0 Å². The van der Waals surface area contributed by atoms with Gasteiger partial charge in [-0.15, -0.1) is 0 Å². The first-order chi connectivity index (χ1) is 0. The first-order valence-corrected chi connectivity index (χ1v) is 0. The molecule has 0 aromatic heterocycles. The molecule has 0 aliphatic carbocycles. The minimum Gasteiger partial charge on any atom is -0.269 e. The molecular weight excluding hydrogens is 138 g/mol. The van der Waals surface area contributed by atoms with Crippen LogP contribution in [-0.4, -0.2) is 62.7 Å². The van der Waals surface area contributed by atoms with E-state index >= 15 is 0 Å². The van der Waals surface area contributed by atoms with Crippen LogP contribution in [0.1, 0.15) is 0 Å². The molecule has 6 heteroatoms. The van der Waals surface area contributed by atoms with E-state index in [0.717, 1.165) is 0 Å². The predicted octanol–water partition coefficient (Wildman–Crippen LogP) is -1.75. The van der Waals surface area contributed by atoms with Gasteiger partial charge in [0.1, 0.15) is 0 Å². The summed E-state index contributed by atoms with van der Waals surface area (Å²) in [6.45, 7) is 0. The van der Waals surface area contributed by atoms with Crippen LogP contribution in [-0.2, 0) is 0 Å². The molecule has 0 amide bonds. The van der Waals surface area contributed by atoms with E-state index in [1.807, 2.05) is 0 Å². The topological polar surface area (TPSA) is 0 Å². The van der Waals surface area contributed by atoms with Gasteiger partial charge in [0, 0.05) is 62.7 Å². The Balaban J connectivity index is 0. The van der Waals surface area contributed by atoms with Crippen LogP contribution in [0.4, 0.5) is 4.70 Å². The number of rotatable bonds is 0. The largest absolute Gasteiger partial charge is 0.269 e. The van der Waals surface area contributed by atoms with E-state index in [0.29, 0.717) is 0 Å². The monoisotopic (exact) mass is 139 g/mol. The quantitative estimate of drug-likeness (QED) is 0.349. The van der Waals surface area contributed by atoms with Gasteiger partial charge in [0.15, 0.2) is 0 Å². The van der Waals surface area contributed by atoms with Crippen molar-refractivity contribution in [2.75, 3.05) is 0 Å². The third-order valence-electron chi connectivity index (χ3n) is 0. The Morgan fingerprint density at radius 3 is 0.500 bits per heavy atom. The van der Waals surface area contributed by atoms with Crippen LogP contribution in [0.5, 0.6) is 0 Å². The van der Waals surface area contributed by atoms with Crippen LogP contribution in [0, 0.1) is 0 Å². The molecule has 0 spiro atoms. The van der Waals surface area contributed by atoms with Gasteiger partial charge in [-0.05, 0) is 0 Å². The zero-order valence-corrected chi connectivity index (χ0v) is 7.41. The average molecular weight is 139 g/mol. The van der Waals surface area contributed by atoms with Crippen LogP contribution in [0.2, 0.25) is 0 Å². The molecule has 0 saturated heterocycles. The predicted molar refractivity (Wildman–Crippen MR) is 31.3 cm³/mol. The summed E-state index contributed by atoms with van der Waals surface area (Å²) >= 11 is 0. The molecule has 6 heavy (non-hydrogen) atoms. The summed E-state index contributed by atoms with van der Waals surface area (Å²) in [6.07, 6.45) is 0. The minimum atomic E-state index is 0. The van der Waals surface area contributed by atoms with E-state index in [1.165, 1.54) is 0 Å².